The summed E-state index contributed by atoms with van der Waals surface area (Å²) >= 11 is 0. The minimum Gasteiger partial charge on any atom is -0.345 e. The predicted octanol–water partition coefficient (Wildman–Crippen LogP) is 7.88. The van der Waals surface area contributed by atoms with Crippen molar-refractivity contribution < 1.29 is 13.2 Å². The van der Waals surface area contributed by atoms with Gasteiger partial charge in [0.1, 0.15) is 0 Å². The molecule has 0 unspecified atom stereocenters. The Bertz CT molecular complexity index is 1420. The van der Waals surface area contributed by atoms with E-state index in [9.17, 15) is 13.2 Å². The van der Waals surface area contributed by atoms with Gasteiger partial charge in [0.2, 0.25) is 0 Å². The van der Waals surface area contributed by atoms with Gasteiger partial charge in [-0.15, -0.1) is 0 Å². The number of rotatable bonds is 3. The lowest BCUT2D eigenvalue weighted by atomic mass is 10.1. The lowest BCUT2D eigenvalue weighted by Gasteiger charge is -2.21. The van der Waals surface area contributed by atoms with E-state index < -0.39 is 11.7 Å². The van der Waals surface area contributed by atoms with Crippen LogP contribution in [0.3, 0.4) is 0 Å². The maximum atomic E-state index is 12.9. The maximum Gasteiger partial charge on any atom is 0.416 e. The Morgan fingerprint density at radius 1 is 0.688 bits per heavy atom. The van der Waals surface area contributed by atoms with Gasteiger partial charge >= 0.3 is 6.18 Å². The Labute approximate surface area is 184 Å². The van der Waals surface area contributed by atoms with Crippen molar-refractivity contribution in [3.8, 4) is 5.69 Å². The van der Waals surface area contributed by atoms with E-state index in [1.54, 1.807) is 0 Å². The zero-order chi connectivity index (χ0) is 22.5. The first-order valence-electron chi connectivity index (χ1n) is 10.3. The molecule has 0 N–H and O–H groups in total. The van der Waals surface area contributed by atoms with Crippen molar-refractivity contribution >= 4 is 33.2 Å². The van der Waals surface area contributed by atoms with Crippen molar-refractivity contribution in [3.05, 3.63) is 102 Å². The second kappa shape index (κ2) is 7.45. The van der Waals surface area contributed by atoms with Gasteiger partial charge in [-0.3, -0.25) is 0 Å². The van der Waals surface area contributed by atoms with Gasteiger partial charge < -0.3 is 9.47 Å². The van der Waals surface area contributed by atoms with Crippen LogP contribution >= 0.6 is 0 Å². The molecular weight excluding hydrogens is 409 g/mol. The number of benzene rings is 4. The Hall–Kier alpha value is -3.73. The first-order chi connectivity index (χ1) is 15.3. The largest absolute Gasteiger partial charge is 0.416 e. The summed E-state index contributed by atoms with van der Waals surface area (Å²) in [4.78, 5) is 1.90. The summed E-state index contributed by atoms with van der Waals surface area (Å²) in [6, 6.07) is 28.0. The van der Waals surface area contributed by atoms with E-state index in [-0.39, 0.29) is 0 Å². The number of hydrogen-bond acceptors (Lipinski definition) is 1. The third-order valence-corrected chi connectivity index (χ3v) is 5.89. The number of halogens is 3. The fraction of sp³-hybridized carbons (Fsp3) is 0.111. The summed E-state index contributed by atoms with van der Waals surface area (Å²) in [5, 5.41) is 2.30. The van der Waals surface area contributed by atoms with Gasteiger partial charge in [-0.2, -0.15) is 13.2 Å². The normalized spacial score (nSPS) is 11.9. The average molecular weight is 430 g/mol. The van der Waals surface area contributed by atoms with Crippen LogP contribution in [0, 0.1) is 6.92 Å². The zero-order valence-corrected chi connectivity index (χ0v) is 17.7. The van der Waals surface area contributed by atoms with Crippen LogP contribution in [0.2, 0.25) is 0 Å². The number of nitrogens with zero attached hydrogens (tertiary/aromatic N) is 2. The molecule has 0 aliphatic rings. The van der Waals surface area contributed by atoms with Gasteiger partial charge in [-0.25, -0.2) is 0 Å². The van der Waals surface area contributed by atoms with Crippen molar-refractivity contribution in [1.82, 2.24) is 4.57 Å². The summed E-state index contributed by atoms with van der Waals surface area (Å²) in [6.07, 6.45) is -4.34. The van der Waals surface area contributed by atoms with Crippen LogP contribution in [0.4, 0.5) is 24.5 Å². The van der Waals surface area contributed by atoms with Crippen molar-refractivity contribution in [2.24, 2.45) is 0 Å². The molecule has 0 saturated carbocycles. The fourth-order valence-electron chi connectivity index (χ4n) is 4.20. The molecule has 5 heteroatoms. The lowest BCUT2D eigenvalue weighted by Crippen LogP contribution is -2.10. The summed E-state index contributed by atoms with van der Waals surface area (Å²) in [5.74, 6) is 0. The Kier molecular flexibility index (Phi) is 4.70. The molecule has 32 heavy (non-hydrogen) atoms. The molecule has 0 aliphatic heterocycles. The molecule has 0 spiro atoms. The van der Waals surface area contributed by atoms with E-state index in [1.165, 1.54) is 17.7 Å². The predicted molar refractivity (Wildman–Crippen MR) is 125 cm³/mol. The molecule has 160 valence electrons. The number of anilines is 2. The summed E-state index contributed by atoms with van der Waals surface area (Å²) < 4.78 is 41.0. The molecule has 5 rings (SSSR count). The second-order valence-electron chi connectivity index (χ2n) is 8.00. The molecule has 4 aromatic carbocycles. The van der Waals surface area contributed by atoms with Gasteiger partial charge in [0.25, 0.3) is 0 Å². The monoisotopic (exact) mass is 430 g/mol. The smallest absolute Gasteiger partial charge is 0.345 e. The molecule has 1 heterocycles. The standard InChI is InChI=1S/C27H21F3N2/c1-18-8-14-23-24-15-13-22(31(2)20-11-9-19(10-12-20)27(28,29)30)17-26(24)32(25(23)16-18)21-6-4-3-5-7-21/h3-17H,1-2H3. The van der Waals surface area contributed by atoms with Gasteiger partial charge in [0.15, 0.2) is 0 Å². The number of para-hydroxylation sites is 1. The van der Waals surface area contributed by atoms with Crippen LogP contribution < -0.4 is 4.90 Å². The summed E-state index contributed by atoms with van der Waals surface area (Å²) in [5.41, 5.74) is 5.36. The summed E-state index contributed by atoms with van der Waals surface area (Å²) in [7, 11) is 1.86. The molecular formula is C27H21F3N2. The molecule has 0 bridgehead atoms. The molecule has 2 nitrogen and oxygen atoms in total. The Morgan fingerprint density at radius 2 is 1.28 bits per heavy atom. The summed E-state index contributed by atoms with van der Waals surface area (Å²) in [6.45, 7) is 2.08. The van der Waals surface area contributed by atoms with Crippen molar-refractivity contribution in [2.45, 2.75) is 13.1 Å². The number of aromatic nitrogens is 1. The van der Waals surface area contributed by atoms with Gasteiger partial charge in [-0.1, -0.05) is 36.4 Å². The van der Waals surface area contributed by atoms with E-state index in [0.29, 0.717) is 5.69 Å². The topological polar surface area (TPSA) is 8.17 Å². The van der Waals surface area contributed by atoms with E-state index in [0.717, 1.165) is 45.3 Å². The first-order valence-corrected chi connectivity index (χ1v) is 10.3. The zero-order valence-electron chi connectivity index (χ0n) is 17.7. The Balaban J connectivity index is 1.67. The van der Waals surface area contributed by atoms with Crippen LogP contribution in [-0.4, -0.2) is 11.6 Å². The fourth-order valence-corrected chi connectivity index (χ4v) is 4.20. The van der Waals surface area contributed by atoms with Crippen molar-refractivity contribution in [3.63, 3.8) is 0 Å². The molecule has 0 atom stereocenters. The highest BCUT2D eigenvalue weighted by Gasteiger charge is 2.30. The van der Waals surface area contributed by atoms with Crippen LogP contribution in [0.15, 0.2) is 91.0 Å². The maximum absolute atomic E-state index is 12.9. The highest BCUT2D eigenvalue weighted by atomic mass is 19.4. The second-order valence-corrected chi connectivity index (χ2v) is 8.00. The molecule has 0 amide bonds. The minimum atomic E-state index is -4.34. The lowest BCUT2D eigenvalue weighted by molar-refractivity contribution is -0.137. The average Bonchev–Trinajstić information content (AvgIpc) is 3.11. The molecule has 1 aromatic heterocycles. The number of alkyl halides is 3. The van der Waals surface area contributed by atoms with E-state index in [4.69, 9.17) is 0 Å². The number of hydrogen-bond donors (Lipinski definition) is 0. The van der Waals surface area contributed by atoms with Crippen LogP contribution in [0.1, 0.15) is 11.1 Å². The minimum absolute atomic E-state index is 0.648. The molecule has 0 aliphatic carbocycles. The third kappa shape index (κ3) is 3.40. The van der Waals surface area contributed by atoms with Crippen LogP contribution in [0.5, 0.6) is 0 Å². The quantitative estimate of drug-likeness (QED) is 0.283. The van der Waals surface area contributed by atoms with E-state index in [1.807, 2.05) is 36.2 Å². The number of fused-ring (bicyclic) bond motifs is 3. The van der Waals surface area contributed by atoms with Gasteiger partial charge in [-0.05, 0) is 67.1 Å². The third-order valence-electron chi connectivity index (χ3n) is 5.89. The molecule has 0 radical (unpaired) electrons. The van der Waals surface area contributed by atoms with Gasteiger partial charge in [0, 0.05) is 34.9 Å². The van der Waals surface area contributed by atoms with Crippen LogP contribution in [0.25, 0.3) is 27.5 Å². The van der Waals surface area contributed by atoms with Crippen molar-refractivity contribution in [1.29, 1.82) is 0 Å². The Morgan fingerprint density at radius 3 is 1.94 bits per heavy atom. The van der Waals surface area contributed by atoms with E-state index >= 15 is 0 Å². The molecule has 5 aromatic rings. The first kappa shape index (κ1) is 20.2. The highest BCUT2D eigenvalue weighted by molar-refractivity contribution is 6.10. The highest BCUT2D eigenvalue weighted by Crippen LogP contribution is 2.37. The van der Waals surface area contributed by atoms with Gasteiger partial charge in [0.05, 0.1) is 16.6 Å². The number of aryl methyl sites for hydroxylation is 1. The van der Waals surface area contributed by atoms with Crippen LogP contribution in [-0.2, 0) is 6.18 Å². The SMILES string of the molecule is Cc1ccc2c3ccc(N(C)c4ccc(C(F)(F)F)cc4)cc3n(-c3ccccc3)c2c1. The molecule has 0 fully saturated rings. The van der Waals surface area contributed by atoms with Crippen molar-refractivity contribution in [2.75, 3.05) is 11.9 Å². The van der Waals surface area contributed by atoms with E-state index in [2.05, 4.69) is 54.0 Å². The molecule has 0 saturated heterocycles.